The van der Waals surface area contributed by atoms with Crippen LogP contribution in [0.3, 0.4) is 0 Å². The van der Waals surface area contributed by atoms with Crippen molar-refractivity contribution in [1.82, 2.24) is 5.43 Å². The first-order valence-electron chi connectivity index (χ1n) is 4.40. The number of benzene rings is 1. The lowest BCUT2D eigenvalue weighted by atomic mass is 10.1. The van der Waals surface area contributed by atoms with E-state index >= 15 is 0 Å². The van der Waals surface area contributed by atoms with E-state index in [9.17, 15) is 0 Å². The van der Waals surface area contributed by atoms with E-state index in [0.29, 0.717) is 6.67 Å². The van der Waals surface area contributed by atoms with Gasteiger partial charge in [-0.25, -0.2) is 5.43 Å². The minimum absolute atomic E-state index is 0.587. The Bertz CT molecular complexity index is 294. The molecule has 0 atom stereocenters. The Morgan fingerprint density at radius 1 is 1.08 bits per heavy atom. The van der Waals surface area contributed by atoms with Gasteiger partial charge < -0.3 is 5.32 Å². The van der Waals surface area contributed by atoms with Crippen LogP contribution in [0.2, 0.25) is 0 Å². The third-order valence-electron chi connectivity index (χ3n) is 2.22. The second kappa shape index (κ2) is 4.25. The highest BCUT2D eigenvalue weighted by atomic mass is 15.3. The van der Waals surface area contributed by atoms with Gasteiger partial charge in [0.05, 0.1) is 6.67 Å². The lowest BCUT2D eigenvalue weighted by Gasteiger charge is -2.11. The number of nitrogens with two attached hydrogens (primary N) is 1. The Morgan fingerprint density at radius 2 is 1.69 bits per heavy atom. The van der Waals surface area contributed by atoms with E-state index in [4.69, 9.17) is 5.84 Å². The number of hydrogen-bond donors (Lipinski definition) is 3. The fraction of sp³-hybridized carbons (Fsp3) is 0.400. The quantitative estimate of drug-likeness (QED) is 0.374. The maximum Gasteiger partial charge on any atom is 0.0780 e. The zero-order valence-electron chi connectivity index (χ0n) is 8.44. The van der Waals surface area contributed by atoms with Crippen molar-refractivity contribution < 1.29 is 0 Å². The molecule has 1 rings (SSSR count). The molecule has 0 bridgehead atoms. The van der Waals surface area contributed by atoms with Crippen LogP contribution < -0.4 is 16.6 Å². The summed E-state index contributed by atoms with van der Waals surface area (Å²) in [7, 11) is 0. The molecule has 13 heavy (non-hydrogen) atoms. The van der Waals surface area contributed by atoms with Gasteiger partial charge in [-0.05, 0) is 43.5 Å². The minimum atomic E-state index is 0.587. The Balaban J connectivity index is 2.88. The van der Waals surface area contributed by atoms with Crippen molar-refractivity contribution in [1.29, 1.82) is 0 Å². The molecule has 0 radical (unpaired) electrons. The predicted molar refractivity (Wildman–Crippen MR) is 56.5 cm³/mol. The maximum absolute atomic E-state index is 5.18. The molecule has 0 aliphatic heterocycles. The number of anilines is 1. The summed E-state index contributed by atoms with van der Waals surface area (Å²) in [6, 6.07) is 4.32. The lowest BCUT2D eigenvalue weighted by molar-refractivity contribution is 0.789. The third kappa shape index (κ3) is 2.44. The van der Waals surface area contributed by atoms with E-state index in [1.165, 1.54) is 16.7 Å². The van der Waals surface area contributed by atoms with E-state index in [1.54, 1.807) is 0 Å². The predicted octanol–water partition coefficient (Wildman–Crippen LogP) is 1.44. The normalized spacial score (nSPS) is 10.2. The van der Waals surface area contributed by atoms with Crippen molar-refractivity contribution in [3.63, 3.8) is 0 Å². The van der Waals surface area contributed by atoms with Crippen molar-refractivity contribution in [2.45, 2.75) is 20.8 Å². The molecule has 1 aromatic rings. The molecule has 1 aromatic carbocycles. The summed E-state index contributed by atoms with van der Waals surface area (Å²) in [6.45, 7) is 6.90. The summed E-state index contributed by atoms with van der Waals surface area (Å²) in [5.41, 5.74) is 7.57. The third-order valence-corrected chi connectivity index (χ3v) is 2.22. The lowest BCUT2D eigenvalue weighted by Crippen LogP contribution is -2.28. The molecule has 0 aliphatic carbocycles. The summed E-state index contributed by atoms with van der Waals surface area (Å²) in [4.78, 5) is 0. The van der Waals surface area contributed by atoms with E-state index in [2.05, 4.69) is 43.6 Å². The van der Waals surface area contributed by atoms with E-state index in [-0.39, 0.29) is 0 Å². The van der Waals surface area contributed by atoms with E-state index in [0.717, 1.165) is 5.69 Å². The SMILES string of the molecule is Cc1cc(C)c(NCNN)cc1C. The summed E-state index contributed by atoms with van der Waals surface area (Å²) in [6.07, 6.45) is 0. The molecule has 0 heterocycles. The molecular weight excluding hydrogens is 162 g/mol. The van der Waals surface area contributed by atoms with Gasteiger partial charge in [-0.3, -0.25) is 5.84 Å². The van der Waals surface area contributed by atoms with Crippen molar-refractivity contribution >= 4 is 5.69 Å². The molecule has 0 saturated heterocycles. The van der Waals surface area contributed by atoms with Crippen molar-refractivity contribution in [3.05, 3.63) is 28.8 Å². The smallest absolute Gasteiger partial charge is 0.0780 e. The molecular formula is C10H17N3. The molecule has 0 unspecified atom stereocenters. The molecule has 72 valence electrons. The van der Waals surface area contributed by atoms with E-state index < -0.39 is 0 Å². The number of aryl methyl sites for hydroxylation is 3. The topological polar surface area (TPSA) is 50.1 Å². The zero-order chi connectivity index (χ0) is 9.84. The fourth-order valence-corrected chi connectivity index (χ4v) is 1.30. The van der Waals surface area contributed by atoms with Gasteiger partial charge in [0.2, 0.25) is 0 Å². The Kier molecular flexibility index (Phi) is 3.28. The summed E-state index contributed by atoms with van der Waals surface area (Å²) in [5, 5.41) is 3.19. The fourth-order valence-electron chi connectivity index (χ4n) is 1.30. The van der Waals surface area contributed by atoms with Gasteiger partial charge in [0, 0.05) is 5.69 Å². The monoisotopic (exact) mass is 179 g/mol. The largest absolute Gasteiger partial charge is 0.371 e. The van der Waals surface area contributed by atoms with Crippen LogP contribution in [0.15, 0.2) is 12.1 Å². The second-order valence-corrected chi connectivity index (χ2v) is 3.31. The average molecular weight is 179 g/mol. The Morgan fingerprint density at radius 3 is 2.31 bits per heavy atom. The average Bonchev–Trinajstić information content (AvgIpc) is 2.09. The minimum Gasteiger partial charge on any atom is -0.371 e. The van der Waals surface area contributed by atoms with Gasteiger partial charge in [-0.15, -0.1) is 0 Å². The highest BCUT2D eigenvalue weighted by molar-refractivity contribution is 5.54. The van der Waals surface area contributed by atoms with E-state index in [1.807, 2.05) is 0 Å². The molecule has 0 saturated carbocycles. The molecule has 0 fully saturated rings. The molecule has 0 aliphatic rings. The number of nitrogens with one attached hydrogen (secondary N) is 2. The first-order chi connectivity index (χ1) is 6.15. The summed E-state index contributed by atoms with van der Waals surface area (Å²) >= 11 is 0. The molecule has 4 N–H and O–H groups in total. The standard InChI is InChI=1S/C10H17N3/c1-7-4-9(3)10(5-8(7)2)12-6-13-11/h4-5,12-13H,6,11H2,1-3H3. The zero-order valence-corrected chi connectivity index (χ0v) is 8.44. The van der Waals surface area contributed by atoms with Crippen LogP contribution in [0.25, 0.3) is 0 Å². The highest BCUT2D eigenvalue weighted by Crippen LogP contribution is 2.19. The molecule has 0 amide bonds. The van der Waals surface area contributed by atoms with Crippen LogP contribution in [-0.4, -0.2) is 6.67 Å². The molecule has 3 heteroatoms. The first-order valence-corrected chi connectivity index (χ1v) is 4.40. The number of hydrogen-bond acceptors (Lipinski definition) is 3. The summed E-state index contributed by atoms with van der Waals surface area (Å²) < 4.78 is 0. The van der Waals surface area contributed by atoms with Crippen molar-refractivity contribution in [2.75, 3.05) is 12.0 Å². The van der Waals surface area contributed by atoms with Crippen molar-refractivity contribution in [3.8, 4) is 0 Å². The van der Waals surface area contributed by atoms with Gasteiger partial charge in [-0.2, -0.15) is 0 Å². The van der Waals surface area contributed by atoms with Crippen LogP contribution in [0.4, 0.5) is 5.69 Å². The molecule has 0 spiro atoms. The number of hydrazine groups is 1. The van der Waals surface area contributed by atoms with Gasteiger partial charge in [0.25, 0.3) is 0 Å². The highest BCUT2D eigenvalue weighted by Gasteiger charge is 1.99. The number of rotatable bonds is 3. The van der Waals surface area contributed by atoms with Crippen molar-refractivity contribution in [2.24, 2.45) is 5.84 Å². The maximum atomic E-state index is 5.18. The van der Waals surface area contributed by atoms with Gasteiger partial charge in [0.15, 0.2) is 0 Å². The van der Waals surface area contributed by atoms with Gasteiger partial charge in [0.1, 0.15) is 0 Å². The Labute approximate surface area is 79.3 Å². The van der Waals surface area contributed by atoms with Crippen LogP contribution in [-0.2, 0) is 0 Å². The van der Waals surface area contributed by atoms with Crippen LogP contribution in [0, 0.1) is 20.8 Å². The van der Waals surface area contributed by atoms with Crippen LogP contribution in [0.5, 0.6) is 0 Å². The molecule has 3 nitrogen and oxygen atoms in total. The van der Waals surface area contributed by atoms with Crippen LogP contribution >= 0.6 is 0 Å². The van der Waals surface area contributed by atoms with Crippen LogP contribution in [0.1, 0.15) is 16.7 Å². The second-order valence-electron chi connectivity index (χ2n) is 3.31. The first kappa shape index (κ1) is 10.0. The Hall–Kier alpha value is -1.06. The van der Waals surface area contributed by atoms with Gasteiger partial charge >= 0.3 is 0 Å². The summed E-state index contributed by atoms with van der Waals surface area (Å²) in [5.74, 6) is 5.18. The molecule has 0 aromatic heterocycles. The van der Waals surface area contributed by atoms with Gasteiger partial charge in [-0.1, -0.05) is 6.07 Å².